The highest BCUT2D eigenvalue weighted by Gasteiger charge is 2.38. The Bertz CT molecular complexity index is 1080. The van der Waals surface area contributed by atoms with Crippen molar-refractivity contribution in [3.63, 3.8) is 0 Å². The minimum absolute atomic E-state index is 0.183. The first-order valence-corrected chi connectivity index (χ1v) is 13.0. The molecule has 2 aromatic rings. The molecule has 1 atom stereocenters. The van der Waals surface area contributed by atoms with Crippen LogP contribution in [0, 0.1) is 0 Å². The SMILES string of the molecule is CCOP(=O)(OCC)c1cccc(Oc2ccc3c(c2)S(=O)(=O)NC2CCCN32)c1. The maximum atomic E-state index is 13.0. The monoisotopic (exact) mass is 452 g/mol. The first-order valence-electron chi connectivity index (χ1n) is 9.97. The van der Waals surface area contributed by atoms with E-state index in [2.05, 4.69) is 9.62 Å². The van der Waals surface area contributed by atoms with Gasteiger partial charge >= 0.3 is 7.60 Å². The van der Waals surface area contributed by atoms with Gasteiger partial charge in [-0.05, 0) is 57.0 Å². The third-order valence-corrected chi connectivity index (χ3v) is 8.64. The molecule has 1 unspecified atom stereocenters. The molecule has 1 saturated heterocycles. The minimum atomic E-state index is -3.61. The molecule has 10 heteroatoms. The summed E-state index contributed by atoms with van der Waals surface area (Å²) in [6.45, 7) is 4.80. The van der Waals surface area contributed by atoms with E-state index in [0.29, 0.717) is 22.5 Å². The zero-order chi connectivity index (χ0) is 21.4. The van der Waals surface area contributed by atoms with Crippen LogP contribution < -0.4 is 19.7 Å². The van der Waals surface area contributed by atoms with Gasteiger partial charge < -0.3 is 18.7 Å². The van der Waals surface area contributed by atoms with E-state index in [-0.39, 0.29) is 24.3 Å². The third kappa shape index (κ3) is 4.00. The van der Waals surface area contributed by atoms with Crippen LogP contribution in [0.2, 0.25) is 0 Å². The van der Waals surface area contributed by atoms with E-state index in [0.717, 1.165) is 19.4 Å². The second-order valence-electron chi connectivity index (χ2n) is 7.03. The van der Waals surface area contributed by atoms with Crippen LogP contribution in [-0.2, 0) is 23.6 Å². The molecule has 0 spiro atoms. The Balaban J connectivity index is 1.64. The second kappa shape index (κ2) is 8.32. The molecule has 1 N–H and O–H groups in total. The number of fused-ring (bicyclic) bond motifs is 3. The zero-order valence-electron chi connectivity index (χ0n) is 16.9. The Morgan fingerprint density at radius 1 is 1.10 bits per heavy atom. The molecule has 4 rings (SSSR count). The molecule has 2 aliphatic heterocycles. The van der Waals surface area contributed by atoms with Crippen molar-refractivity contribution in [1.82, 2.24) is 4.72 Å². The molecule has 0 aromatic heterocycles. The molecule has 1 fully saturated rings. The number of rotatable bonds is 7. The summed E-state index contributed by atoms with van der Waals surface area (Å²) in [7, 11) is -7.06. The predicted molar refractivity (Wildman–Crippen MR) is 114 cm³/mol. The van der Waals surface area contributed by atoms with Gasteiger partial charge in [-0.2, -0.15) is 4.72 Å². The highest BCUT2D eigenvalue weighted by molar-refractivity contribution is 7.89. The fourth-order valence-corrected chi connectivity index (χ4v) is 6.88. The fourth-order valence-electron chi connectivity index (χ4n) is 3.81. The summed E-state index contributed by atoms with van der Waals surface area (Å²) in [5, 5.41) is 0.385. The molecule has 0 bridgehead atoms. The normalized spacial score (nSPS) is 19.9. The van der Waals surface area contributed by atoms with E-state index >= 15 is 0 Å². The van der Waals surface area contributed by atoms with Gasteiger partial charge in [0, 0.05) is 12.6 Å². The highest BCUT2D eigenvalue weighted by atomic mass is 32.2. The lowest BCUT2D eigenvalue weighted by atomic mass is 10.2. The minimum Gasteiger partial charge on any atom is -0.457 e. The van der Waals surface area contributed by atoms with E-state index in [9.17, 15) is 13.0 Å². The number of benzene rings is 2. The lowest BCUT2D eigenvalue weighted by molar-refractivity contribution is 0.230. The molecule has 2 aliphatic rings. The topological polar surface area (TPSA) is 94.2 Å². The number of anilines is 1. The predicted octanol–water partition coefficient (Wildman–Crippen LogP) is 3.59. The number of sulfonamides is 1. The van der Waals surface area contributed by atoms with Crippen molar-refractivity contribution in [3.05, 3.63) is 42.5 Å². The lowest BCUT2D eigenvalue weighted by Crippen LogP contribution is -2.48. The maximum absolute atomic E-state index is 13.0. The van der Waals surface area contributed by atoms with Crippen molar-refractivity contribution >= 4 is 28.6 Å². The molecule has 8 nitrogen and oxygen atoms in total. The summed E-state index contributed by atoms with van der Waals surface area (Å²) in [5.74, 6) is 0.781. The average molecular weight is 452 g/mol. The number of nitrogens with one attached hydrogen (secondary N) is 1. The van der Waals surface area contributed by atoms with Crippen LogP contribution in [0.1, 0.15) is 26.7 Å². The summed E-state index contributed by atoms with van der Waals surface area (Å²) in [5.41, 5.74) is 0.689. The summed E-state index contributed by atoms with van der Waals surface area (Å²) < 4.78 is 57.8. The Hall–Kier alpha value is -1.90. The van der Waals surface area contributed by atoms with Crippen molar-refractivity contribution in [2.45, 2.75) is 37.8 Å². The summed E-state index contributed by atoms with van der Waals surface area (Å²) in [6, 6.07) is 11.7. The first-order chi connectivity index (χ1) is 14.4. The molecule has 0 saturated carbocycles. The number of hydrogen-bond acceptors (Lipinski definition) is 7. The number of ether oxygens (including phenoxy) is 1. The molecule has 0 aliphatic carbocycles. The molecule has 162 valence electrons. The first kappa shape index (κ1) is 21.3. The Kier molecular flexibility index (Phi) is 5.92. The zero-order valence-corrected chi connectivity index (χ0v) is 18.6. The van der Waals surface area contributed by atoms with E-state index in [1.807, 2.05) is 0 Å². The van der Waals surface area contributed by atoms with Crippen molar-refractivity contribution in [1.29, 1.82) is 0 Å². The van der Waals surface area contributed by atoms with Crippen LogP contribution in [0.5, 0.6) is 11.5 Å². The van der Waals surface area contributed by atoms with E-state index in [1.165, 1.54) is 6.07 Å². The van der Waals surface area contributed by atoms with Crippen LogP contribution in [0.15, 0.2) is 47.4 Å². The molecule has 0 radical (unpaired) electrons. The van der Waals surface area contributed by atoms with Gasteiger partial charge in [0.05, 0.1) is 30.4 Å². The third-order valence-electron chi connectivity index (χ3n) is 5.04. The van der Waals surface area contributed by atoms with Gasteiger partial charge in [0.2, 0.25) is 10.0 Å². The lowest BCUT2D eigenvalue weighted by Gasteiger charge is -2.33. The Labute approximate surface area is 176 Å². The standard InChI is InChI=1S/C20H25N2O6PS/c1-3-26-29(23,27-4-2)17-8-5-7-15(13-17)28-16-10-11-18-19(14-16)30(24,25)21-20-9-6-12-22(18)20/h5,7-8,10-11,13-14,20-21H,3-4,6,9,12H2,1-2H3. The number of hydrogen-bond donors (Lipinski definition) is 1. The summed E-state index contributed by atoms with van der Waals surface area (Å²) in [4.78, 5) is 2.27. The van der Waals surface area contributed by atoms with E-state index in [1.54, 1.807) is 50.2 Å². The largest absolute Gasteiger partial charge is 0.457 e. The van der Waals surface area contributed by atoms with Gasteiger partial charge in [-0.25, -0.2) is 8.42 Å². The Morgan fingerprint density at radius 3 is 2.57 bits per heavy atom. The Morgan fingerprint density at radius 2 is 1.83 bits per heavy atom. The van der Waals surface area contributed by atoms with Gasteiger partial charge in [-0.15, -0.1) is 0 Å². The molecule has 0 amide bonds. The van der Waals surface area contributed by atoms with Gasteiger partial charge in [0.15, 0.2) is 0 Å². The average Bonchev–Trinajstić information content (AvgIpc) is 3.16. The van der Waals surface area contributed by atoms with Crippen LogP contribution >= 0.6 is 7.60 Å². The van der Waals surface area contributed by atoms with Crippen molar-refractivity contribution in [2.24, 2.45) is 0 Å². The summed E-state index contributed by atoms with van der Waals surface area (Å²) in [6.07, 6.45) is 1.55. The molecule has 2 aromatic carbocycles. The molecular weight excluding hydrogens is 427 g/mol. The van der Waals surface area contributed by atoms with E-state index < -0.39 is 17.6 Å². The van der Waals surface area contributed by atoms with E-state index in [4.69, 9.17) is 13.8 Å². The van der Waals surface area contributed by atoms with Crippen molar-refractivity contribution < 1.29 is 26.8 Å². The van der Waals surface area contributed by atoms with Gasteiger partial charge in [0.1, 0.15) is 16.4 Å². The number of nitrogens with zero attached hydrogens (tertiary/aromatic N) is 1. The van der Waals surface area contributed by atoms with Crippen molar-refractivity contribution in [3.8, 4) is 11.5 Å². The quantitative estimate of drug-likeness (QED) is 0.642. The summed E-state index contributed by atoms with van der Waals surface area (Å²) >= 11 is 0. The second-order valence-corrected chi connectivity index (χ2v) is 10.7. The van der Waals surface area contributed by atoms with Gasteiger partial charge in [-0.1, -0.05) is 6.07 Å². The van der Waals surface area contributed by atoms with Crippen LogP contribution in [0.4, 0.5) is 5.69 Å². The molecule has 30 heavy (non-hydrogen) atoms. The van der Waals surface area contributed by atoms with Crippen LogP contribution in [-0.4, -0.2) is 34.3 Å². The molecule has 2 heterocycles. The highest BCUT2D eigenvalue weighted by Crippen LogP contribution is 2.47. The van der Waals surface area contributed by atoms with Crippen molar-refractivity contribution in [2.75, 3.05) is 24.7 Å². The van der Waals surface area contributed by atoms with Gasteiger partial charge in [0.25, 0.3) is 0 Å². The smallest absolute Gasteiger partial charge is 0.361 e. The van der Waals surface area contributed by atoms with Crippen LogP contribution in [0.25, 0.3) is 0 Å². The fraction of sp³-hybridized carbons (Fsp3) is 0.400. The van der Waals surface area contributed by atoms with Gasteiger partial charge in [-0.3, -0.25) is 4.57 Å². The maximum Gasteiger partial charge on any atom is 0.361 e. The molecular formula is C20H25N2O6PS. The van der Waals surface area contributed by atoms with Crippen LogP contribution in [0.3, 0.4) is 0 Å².